The van der Waals surface area contributed by atoms with Gasteiger partial charge in [-0.3, -0.25) is 4.98 Å². The monoisotopic (exact) mass is 314 g/mol. The lowest BCUT2D eigenvalue weighted by atomic mass is 10.3. The highest BCUT2D eigenvalue weighted by Crippen LogP contribution is 2.30. The fourth-order valence-electron chi connectivity index (χ4n) is 1.48. The number of nitrogens with one attached hydrogen (secondary N) is 1. The van der Waals surface area contributed by atoms with Gasteiger partial charge in [0.2, 0.25) is 0 Å². The molecule has 0 saturated heterocycles. The molecule has 21 heavy (non-hydrogen) atoms. The Morgan fingerprint density at radius 3 is 2.43 bits per heavy atom. The fraction of sp³-hybridized carbons (Fsp3) is 0.308. The van der Waals surface area contributed by atoms with E-state index >= 15 is 0 Å². The Balaban J connectivity index is 1.93. The van der Waals surface area contributed by atoms with Gasteiger partial charge in [-0.05, 0) is 19.1 Å². The largest absolute Gasteiger partial charge is 0.417 e. The summed E-state index contributed by atoms with van der Waals surface area (Å²) >= 11 is 1.31. The maximum absolute atomic E-state index is 12.4. The Morgan fingerprint density at radius 2 is 1.90 bits per heavy atom. The Kier molecular flexibility index (Phi) is 5.00. The summed E-state index contributed by atoms with van der Waals surface area (Å²) in [6.45, 7) is 2.72. The number of alkyl halides is 3. The van der Waals surface area contributed by atoms with E-state index in [1.54, 1.807) is 12.4 Å². The van der Waals surface area contributed by atoms with Crippen LogP contribution in [0.1, 0.15) is 18.2 Å². The molecule has 0 aliphatic heterocycles. The summed E-state index contributed by atoms with van der Waals surface area (Å²) in [5, 5.41) is 3.54. The van der Waals surface area contributed by atoms with Crippen molar-refractivity contribution in [3.8, 4) is 0 Å². The molecule has 0 unspecified atom stereocenters. The average molecular weight is 314 g/mol. The number of anilines is 1. The van der Waals surface area contributed by atoms with Crippen molar-refractivity contribution in [1.82, 2.24) is 15.0 Å². The van der Waals surface area contributed by atoms with Gasteiger partial charge in [0, 0.05) is 18.5 Å². The minimum Gasteiger partial charge on any atom is -0.369 e. The molecule has 2 heterocycles. The van der Waals surface area contributed by atoms with Crippen molar-refractivity contribution >= 4 is 17.6 Å². The van der Waals surface area contributed by atoms with E-state index in [0.29, 0.717) is 16.6 Å². The minimum atomic E-state index is -4.36. The maximum atomic E-state index is 12.4. The number of hydrogen-bond donors (Lipinski definition) is 1. The van der Waals surface area contributed by atoms with Crippen LogP contribution in [0.4, 0.5) is 19.0 Å². The topological polar surface area (TPSA) is 50.7 Å². The van der Waals surface area contributed by atoms with Gasteiger partial charge in [0.1, 0.15) is 5.82 Å². The summed E-state index contributed by atoms with van der Waals surface area (Å²) in [5.41, 5.74) is -0.00927. The van der Waals surface area contributed by atoms with Crippen molar-refractivity contribution in [2.24, 2.45) is 0 Å². The summed E-state index contributed by atoms with van der Waals surface area (Å²) in [4.78, 5) is 12.2. The second-order valence-corrected chi connectivity index (χ2v) is 5.09. The van der Waals surface area contributed by atoms with Crippen molar-refractivity contribution in [3.63, 3.8) is 0 Å². The molecule has 0 fully saturated rings. The molecule has 0 amide bonds. The van der Waals surface area contributed by atoms with Gasteiger partial charge in [-0.25, -0.2) is 9.97 Å². The number of aromatic nitrogens is 3. The quantitative estimate of drug-likeness (QED) is 0.854. The molecule has 1 N–H and O–H groups in total. The molecule has 2 aromatic heterocycles. The third-order valence-electron chi connectivity index (χ3n) is 2.49. The van der Waals surface area contributed by atoms with Gasteiger partial charge in [-0.15, -0.1) is 0 Å². The Labute approximate surface area is 124 Å². The Hall–Kier alpha value is -1.83. The van der Waals surface area contributed by atoms with E-state index in [9.17, 15) is 13.2 Å². The van der Waals surface area contributed by atoms with Crippen molar-refractivity contribution in [2.75, 3.05) is 11.9 Å². The molecule has 0 bridgehead atoms. The van der Waals surface area contributed by atoms with Crippen molar-refractivity contribution in [2.45, 2.75) is 23.9 Å². The van der Waals surface area contributed by atoms with E-state index in [2.05, 4.69) is 20.3 Å². The zero-order valence-electron chi connectivity index (χ0n) is 11.2. The van der Waals surface area contributed by atoms with Gasteiger partial charge in [-0.2, -0.15) is 13.2 Å². The van der Waals surface area contributed by atoms with Crippen LogP contribution in [0.2, 0.25) is 0 Å². The lowest BCUT2D eigenvalue weighted by molar-refractivity contribution is -0.137. The van der Waals surface area contributed by atoms with Crippen molar-refractivity contribution < 1.29 is 13.2 Å². The molecule has 0 aromatic carbocycles. The van der Waals surface area contributed by atoms with E-state index in [0.717, 1.165) is 24.5 Å². The predicted molar refractivity (Wildman–Crippen MR) is 75.0 cm³/mol. The summed E-state index contributed by atoms with van der Waals surface area (Å²) in [7, 11) is 0. The van der Waals surface area contributed by atoms with Crippen LogP contribution < -0.4 is 5.32 Å². The van der Waals surface area contributed by atoms with Crippen LogP contribution in [-0.2, 0) is 11.9 Å². The highest BCUT2D eigenvalue weighted by molar-refractivity contribution is 7.98. The number of hydrogen-bond acceptors (Lipinski definition) is 5. The molecular formula is C13H13F3N4S. The smallest absolute Gasteiger partial charge is 0.369 e. The molecule has 0 saturated carbocycles. The third kappa shape index (κ3) is 4.59. The van der Waals surface area contributed by atoms with Gasteiger partial charge >= 0.3 is 6.18 Å². The van der Waals surface area contributed by atoms with Crippen LogP contribution in [0.15, 0.2) is 35.7 Å². The first-order valence-electron chi connectivity index (χ1n) is 6.20. The van der Waals surface area contributed by atoms with Crippen LogP contribution in [0.3, 0.4) is 0 Å². The van der Waals surface area contributed by atoms with Crippen LogP contribution in [0, 0.1) is 0 Å². The second kappa shape index (κ2) is 6.75. The molecule has 4 nitrogen and oxygen atoms in total. The number of rotatable bonds is 5. The lowest BCUT2D eigenvalue weighted by Crippen LogP contribution is -2.05. The summed E-state index contributed by atoms with van der Waals surface area (Å²) in [6.07, 6.45) is -0.263. The summed E-state index contributed by atoms with van der Waals surface area (Å²) in [6, 6.07) is 2.38. The molecule has 0 aliphatic carbocycles. The number of pyridine rings is 1. The Bertz CT molecular complexity index is 569. The first-order valence-corrected chi connectivity index (χ1v) is 7.18. The molecule has 2 aromatic rings. The van der Waals surface area contributed by atoms with Crippen molar-refractivity contribution in [1.29, 1.82) is 0 Å². The van der Waals surface area contributed by atoms with E-state index in [1.165, 1.54) is 17.8 Å². The van der Waals surface area contributed by atoms with Crippen molar-refractivity contribution in [3.05, 3.63) is 42.0 Å². The molecule has 0 aliphatic rings. The number of nitrogens with zero attached hydrogens (tertiary/aromatic N) is 3. The van der Waals surface area contributed by atoms with E-state index < -0.39 is 11.7 Å². The zero-order valence-corrected chi connectivity index (χ0v) is 12.0. The van der Waals surface area contributed by atoms with Gasteiger partial charge in [0.25, 0.3) is 0 Å². The molecule has 2 rings (SSSR count). The second-order valence-electron chi connectivity index (χ2n) is 4.09. The molecule has 0 spiro atoms. The van der Waals surface area contributed by atoms with Gasteiger partial charge in [0.15, 0.2) is 0 Å². The first-order chi connectivity index (χ1) is 9.99. The fourth-order valence-corrected chi connectivity index (χ4v) is 2.22. The third-order valence-corrected chi connectivity index (χ3v) is 3.47. The lowest BCUT2D eigenvalue weighted by Gasteiger charge is -2.06. The highest BCUT2D eigenvalue weighted by Gasteiger charge is 2.30. The molecule has 8 heteroatoms. The van der Waals surface area contributed by atoms with E-state index in [4.69, 9.17) is 0 Å². The van der Waals surface area contributed by atoms with Crippen LogP contribution in [0.5, 0.6) is 0 Å². The van der Waals surface area contributed by atoms with Crippen LogP contribution >= 0.6 is 11.8 Å². The van der Waals surface area contributed by atoms with Gasteiger partial charge < -0.3 is 5.32 Å². The standard InChI is InChI=1S/C13H13F3N4S/c1-2-17-11-7-18-10(6-19-11)8-21-12-4-3-9(5-20-12)13(14,15)16/h3-7H,2,8H2,1H3,(H,17,19). The highest BCUT2D eigenvalue weighted by atomic mass is 32.2. The SMILES string of the molecule is CCNc1cnc(CSc2ccc(C(F)(F)F)cn2)cn1. The Morgan fingerprint density at radius 1 is 1.10 bits per heavy atom. The molecule has 0 radical (unpaired) electrons. The van der Waals surface area contributed by atoms with Gasteiger partial charge in [-0.1, -0.05) is 11.8 Å². The van der Waals surface area contributed by atoms with Crippen LogP contribution in [-0.4, -0.2) is 21.5 Å². The number of thioether (sulfide) groups is 1. The molecule has 0 atom stereocenters. The average Bonchev–Trinajstić information content (AvgIpc) is 2.46. The minimum absolute atomic E-state index is 0.498. The first kappa shape index (κ1) is 15.6. The van der Waals surface area contributed by atoms with Crippen LogP contribution in [0.25, 0.3) is 0 Å². The molecule has 112 valence electrons. The van der Waals surface area contributed by atoms with E-state index in [-0.39, 0.29) is 0 Å². The summed E-state index contributed by atoms with van der Waals surface area (Å²) in [5.74, 6) is 1.19. The number of halogens is 3. The zero-order chi connectivity index (χ0) is 15.3. The molecular weight excluding hydrogens is 301 g/mol. The summed E-state index contributed by atoms with van der Waals surface area (Å²) < 4.78 is 37.2. The van der Waals surface area contributed by atoms with Gasteiger partial charge in [0.05, 0.1) is 28.7 Å². The van der Waals surface area contributed by atoms with E-state index in [1.807, 2.05) is 6.92 Å². The maximum Gasteiger partial charge on any atom is 0.417 e. The predicted octanol–water partition coefficient (Wildman–Crippen LogP) is 3.61. The normalized spacial score (nSPS) is 11.4.